The lowest BCUT2D eigenvalue weighted by molar-refractivity contribution is -0.135. The third-order valence-electron chi connectivity index (χ3n) is 4.92. The fourth-order valence-corrected chi connectivity index (χ4v) is 3.25. The number of hydrogen-bond donors (Lipinski definition) is 1. The van der Waals surface area contributed by atoms with Gasteiger partial charge in [-0.05, 0) is 36.8 Å². The topological polar surface area (TPSA) is 88.8 Å². The molecular formula is C18H26N4O3. The number of carbonyl (C=O) groups excluding carboxylic acids is 2. The normalized spacial score (nSPS) is 21.3. The number of nitrogens with zero attached hydrogens (tertiary/aromatic N) is 3. The van der Waals surface area contributed by atoms with E-state index in [2.05, 4.69) is 11.9 Å². The predicted octanol–water partition coefficient (Wildman–Crippen LogP) is 1.67. The molecule has 2 N–H and O–H groups in total. The molecule has 7 nitrogen and oxygen atoms in total. The van der Waals surface area contributed by atoms with Crippen LogP contribution in [0.3, 0.4) is 0 Å². The van der Waals surface area contributed by atoms with E-state index in [1.54, 1.807) is 12.1 Å². The molecule has 3 rings (SSSR count). The van der Waals surface area contributed by atoms with Crippen molar-refractivity contribution in [2.45, 2.75) is 39.7 Å². The fraction of sp³-hybridized carbons (Fsp3) is 0.611. The molecule has 0 spiro atoms. The van der Waals surface area contributed by atoms with E-state index in [-0.39, 0.29) is 24.3 Å². The predicted molar refractivity (Wildman–Crippen MR) is 95.2 cm³/mol. The van der Waals surface area contributed by atoms with Gasteiger partial charge in [0.15, 0.2) is 17.7 Å². The van der Waals surface area contributed by atoms with Crippen LogP contribution in [0.1, 0.15) is 33.6 Å². The lowest BCUT2D eigenvalue weighted by Gasteiger charge is -2.36. The number of nitrogen functional groups attached to an aromatic ring is 1. The maximum Gasteiger partial charge on any atom is 0.270 e. The summed E-state index contributed by atoms with van der Waals surface area (Å²) >= 11 is 0. The average Bonchev–Trinajstić information content (AvgIpc) is 2.57. The quantitative estimate of drug-likeness (QED) is 0.899. The number of ether oxygens (including phenoxy) is 1. The molecule has 1 unspecified atom stereocenters. The van der Waals surface area contributed by atoms with Gasteiger partial charge in [-0.15, -0.1) is 0 Å². The molecule has 0 saturated carbocycles. The van der Waals surface area contributed by atoms with Gasteiger partial charge in [0.1, 0.15) is 12.4 Å². The maximum absolute atomic E-state index is 12.9. The molecule has 1 fully saturated rings. The zero-order valence-electron chi connectivity index (χ0n) is 15.1. The summed E-state index contributed by atoms with van der Waals surface area (Å²) in [4.78, 5) is 33.1. The molecule has 0 aromatic carbocycles. The van der Waals surface area contributed by atoms with Gasteiger partial charge in [-0.1, -0.05) is 20.8 Å². The van der Waals surface area contributed by atoms with Crippen molar-refractivity contribution in [3.63, 3.8) is 0 Å². The van der Waals surface area contributed by atoms with Crippen LogP contribution in [0.2, 0.25) is 0 Å². The number of rotatable bonds is 3. The summed E-state index contributed by atoms with van der Waals surface area (Å²) in [6, 6.07) is 3.34. The Kier molecular flexibility index (Phi) is 4.83. The molecule has 0 radical (unpaired) electrons. The summed E-state index contributed by atoms with van der Waals surface area (Å²) in [7, 11) is 0. The molecule has 1 atom stereocenters. The first-order valence-electron chi connectivity index (χ1n) is 8.89. The highest BCUT2D eigenvalue weighted by atomic mass is 16.5. The minimum atomic E-state index is -0.618. The van der Waals surface area contributed by atoms with Crippen molar-refractivity contribution in [3.05, 3.63) is 12.1 Å². The second-order valence-electron chi connectivity index (χ2n) is 7.33. The lowest BCUT2D eigenvalue weighted by Crippen LogP contribution is -2.53. The summed E-state index contributed by atoms with van der Waals surface area (Å²) in [5, 5.41) is 0. The second kappa shape index (κ2) is 6.90. The molecule has 2 aliphatic rings. The molecule has 3 heterocycles. The van der Waals surface area contributed by atoms with Crippen molar-refractivity contribution in [2.75, 3.05) is 30.3 Å². The Bertz CT molecular complexity index is 668. The van der Waals surface area contributed by atoms with E-state index in [0.29, 0.717) is 23.3 Å². The molecule has 7 heteroatoms. The van der Waals surface area contributed by atoms with Crippen molar-refractivity contribution < 1.29 is 14.3 Å². The molecule has 25 heavy (non-hydrogen) atoms. The number of piperidine rings is 1. The average molecular weight is 346 g/mol. The van der Waals surface area contributed by atoms with Gasteiger partial charge in [0.05, 0.1) is 0 Å². The second-order valence-corrected chi connectivity index (χ2v) is 7.33. The molecule has 1 saturated heterocycles. The standard InChI is InChI=1S/C18H26N4O3/c1-11(2)16-18(24)22(17-13(25-16)4-5-14(19)20-17)10-15(23)21-8-6-12(3)7-9-21/h4-5,11-12,16H,6-10H2,1-3H3,(H2,19,20). The minimum Gasteiger partial charge on any atom is -0.476 e. The Morgan fingerprint density at radius 2 is 2.04 bits per heavy atom. The summed E-state index contributed by atoms with van der Waals surface area (Å²) in [5.74, 6) is 1.46. The van der Waals surface area contributed by atoms with E-state index in [9.17, 15) is 9.59 Å². The smallest absolute Gasteiger partial charge is 0.270 e. The monoisotopic (exact) mass is 346 g/mol. The lowest BCUT2D eigenvalue weighted by atomic mass is 9.99. The van der Waals surface area contributed by atoms with Crippen molar-refractivity contribution in [1.82, 2.24) is 9.88 Å². The van der Waals surface area contributed by atoms with Crippen molar-refractivity contribution in [1.29, 1.82) is 0 Å². The van der Waals surface area contributed by atoms with Crippen LogP contribution < -0.4 is 15.4 Å². The summed E-state index contributed by atoms with van der Waals surface area (Å²) in [6.07, 6.45) is 1.38. The number of nitrogens with two attached hydrogens (primary N) is 1. The Morgan fingerprint density at radius 1 is 1.36 bits per heavy atom. The van der Waals surface area contributed by atoms with Gasteiger partial charge in [-0.25, -0.2) is 4.98 Å². The van der Waals surface area contributed by atoms with Gasteiger partial charge in [0.25, 0.3) is 5.91 Å². The Balaban J connectivity index is 1.84. The van der Waals surface area contributed by atoms with Crippen LogP contribution in [0.4, 0.5) is 11.6 Å². The van der Waals surface area contributed by atoms with Crippen molar-refractivity contribution in [2.24, 2.45) is 11.8 Å². The molecule has 1 aromatic rings. The van der Waals surface area contributed by atoms with Crippen LogP contribution in [0, 0.1) is 11.8 Å². The van der Waals surface area contributed by atoms with E-state index in [1.165, 1.54) is 4.90 Å². The van der Waals surface area contributed by atoms with Gasteiger partial charge < -0.3 is 15.4 Å². The van der Waals surface area contributed by atoms with E-state index in [0.717, 1.165) is 25.9 Å². The molecule has 1 aromatic heterocycles. The Labute approximate surface area is 148 Å². The first kappa shape index (κ1) is 17.5. The zero-order chi connectivity index (χ0) is 18.1. The number of aromatic nitrogens is 1. The molecule has 0 aliphatic carbocycles. The van der Waals surface area contributed by atoms with Gasteiger partial charge in [-0.3, -0.25) is 14.5 Å². The highest BCUT2D eigenvalue weighted by Crippen LogP contribution is 2.34. The van der Waals surface area contributed by atoms with Crippen LogP contribution >= 0.6 is 0 Å². The molecule has 136 valence electrons. The van der Waals surface area contributed by atoms with E-state index >= 15 is 0 Å². The number of likely N-dealkylation sites (tertiary alicyclic amines) is 1. The molecule has 2 amide bonds. The first-order chi connectivity index (χ1) is 11.9. The minimum absolute atomic E-state index is 0.00774. The van der Waals surface area contributed by atoms with E-state index in [4.69, 9.17) is 10.5 Å². The fourth-order valence-electron chi connectivity index (χ4n) is 3.25. The summed E-state index contributed by atoms with van der Waals surface area (Å²) < 4.78 is 5.80. The van der Waals surface area contributed by atoms with Crippen LogP contribution in [-0.4, -0.2) is 47.4 Å². The van der Waals surface area contributed by atoms with Crippen LogP contribution in [0.5, 0.6) is 5.75 Å². The Hall–Kier alpha value is -2.31. The van der Waals surface area contributed by atoms with Crippen LogP contribution in [-0.2, 0) is 9.59 Å². The van der Waals surface area contributed by atoms with Crippen LogP contribution in [0.25, 0.3) is 0 Å². The number of hydrogen-bond acceptors (Lipinski definition) is 5. The van der Waals surface area contributed by atoms with E-state index < -0.39 is 6.10 Å². The number of anilines is 2. The SMILES string of the molecule is CC1CCN(C(=O)CN2C(=O)C(C(C)C)Oc3ccc(N)nc32)CC1. The highest BCUT2D eigenvalue weighted by Gasteiger charge is 2.39. The zero-order valence-corrected chi connectivity index (χ0v) is 15.1. The highest BCUT2D eigenvalue weighted by molar-refractivity contribution is 6.03. The van der Waals surface area contributed by atoms with Gasteiger partial charge >= 0.3 is 0 Å². The van der Waals surface area contributed by atoms with Gasteiger partial charge in [0.2, 0.25) is 5.91 Å². The first-order valence-corrected chi connectivity index (χ1v) is 8.89. The molecule has 0 bridgehead atoms. The number of amides is 2. The third kappa shape index (κ3) is 3.55. The summed E-state index contributed by atoms with van der Waals surface area (Å²) in [5.41, 5.74) is 5.77. The van der Waals surface area contributed by atoms with Gasteiger partial charge in [0, 0.05) is 13.1 Å². The van der Waals surface area contributed by atoms with E-state index in [1.807, 2.05) is 18.7 Å². The van der Waals surface area contributed by atoms with Crippen molar-refractivity contribution in [3.8, 4) is 5.75 Å². The molecule has 2 aliphatic heterocycles. The number of carbonyl (C=O) groups is 2. The molecular weight excluding hydrogens is 320 g/mol. The number of pyridine rings is 1. The van der Waals surface area contributed by atoms with Crippen LogP contribution in [0.15, 0.2) is 12.1 Å². The summed E-state index contributed by atoms with van der Waals surface area (Å²) in [6.45, 7) is 7.49. The maximum atomic E-state index is 12.9. The van der Waals surface area contributed by atoms with Crippen molar-refractivity contribution >= 4 is 23.5 Å². The Morgan fingerprint density at radius 3 is 2.68 bits per heavy atom. The largest absolute Gasteiger partial charge is 0.476 e. The van der Waals surface area contributed by atoms with Gasteiger partial charge in [-0.2, -0.15) is 0 Å². The number of fused-ring (bicyclic) bond motifs is 1. The third-order valence-corrected chi connectivity index (χ3v) is 4.92.